The van der Waals surface area contributed by atoms with Gasteiger partial charge in [0.15, 0.2) is 0 Å². The number of urea groups is 1. The molecule has 1 unspecified atom stereocenters. The SMILES string of the molecule is CN(CC(=O)NC(=O)NC1CCCCC1)C(CN)C1CC1.Cl. The van der Waals surface area contributed by atoms with E-state index in [4.69, 9.17) is 5.73 Å². The highest BCUT2D eigenvalue weighted by Gasteiger charge is 2.33. The number of halogens is 1. The Morgan fingerprint density at radius 3 is 2.36 bits per heavy atom. The molecule has 7 heteroatoms. The zero-order chi connectivity index (χ0) is 15.2. The van der Waals surface area contributed by atoms with Crippen LogP contribution in [0.1, 0.15) is 44.9 Å². The summed E-state index contributed by atoms with van der Waals surface area (Å²) >= 11 is 0. The lowest BCUT2D eigenvalue weighted by Gasteiger charge is -2.26. The fourth-order valence-electron chi connectivity index (χ4n) is 3.19. The van der Waals surface area contributed by atoms with Gasteiger partial charge in [0, 0.05) is 18.6 Å². The molecule has 2 fully saturated rings. The Morgan fingerprint density at radius 2 is 1.82 bits per heavy atom. The second kappa shape index (κ2) is 9.33. The van der Waals surface area contributed by atoms with Gasteiger partial charge >= 0.3 is 6.03 Å². The monoisotopic (exact) mass is 332 g/mol. The molecule has 4 N–H and O–H groups in total. The van der Waals surface area contributed by atoms with Gasteiger partial charge in [-0.1, -0.05) is 19.3 Å². The van der Waals surface area contributed by atoms with Gasteiger partial charge in [0.05, 0.1) is 6.54 Å². The molecule has 2 aliphatic rings. The number of nitrogens with zero attached hydrogens (tertiary/aromatic N) is 1. The van der Waals surface area contributed by atoms with Crippen LogP contribution in [0.15, 0.2) is 0 Å². The van der Waals surface area contributed by atoms with E-state index in [1.54, 1.807) is 0 Å². The Kier molecular flexibility index (Phi) is 8.14. The first-order valence-electron chi connectivity index (χ1n) is 8.10. The third kappa shape index (κ3) is 6.10. The summed E-state index contributed by atoms with van der Waals surface area (Å²) in [5, 5.41) is 5.31. The van der Waals surface area contributed by atoms with Crippen LogP contribution in [0.5, 0.6) is 0 Å². The fourth-order valence-corrected chi connectivity index (χ4v) is 3.19. The number of carbonyl (C=O) groups is 2. The van der Waals surface area contributed by atoms with Gasteiger partial charge in [-0.05, 0) is 38.6 Å². The van der Waals surface area contributed by atoms with Crippen molar-refractivity contribution in [2.45, 2.75) is 57.0 Å². The third-order valence-electron chi connectivity index (χ3n) is 4.56. The van der Waals surface area contributed by atoms with E-state index in [0.717, 1.165) is 25.7 Å². The highest BCUT2D eigenvalue weighted by Crippen LogP contribution is 2.34. The molecule has 2 saturated carbocycles. The fraction of sp³-hybridized carbons (Fsp3) is 0.867. The van der Waals surface area contributed by atoms with Crippen LogP contribution in [0.2, 0.25) is 0 Å². The van der Waals surface area contributed by atoms with Gasteiger partial charge in [-0.3, -0.25) is 15.0 Å². The first kappa shape index (κ1) is 19.2. The Morgan fingerprint density at radius 1 is 1.18 bits per heavy atom. The second-order valence-corrected chi connectivity index (χ2v) is 6.41. The molecule has 0 bridgehead atoms. The average Bonchev–Trinajstić information content (AvgIpc) is 3.24. The van der Waals surface area contributed by atoms with Gasteiger partial charge in [0.25, 0.3) is 0 Å². The van der Waals surface area contributed by atoms with E-state index in [1.165, 1.54) is 19.3 Å². The zero-order valence-electron chi connectivity index (χ0n) is 13.3. The molecule has 0 saturated heterocycles. The summed E-state index contributed by atoms with van der Waals surface area (Å²) in [5.74, 6) is 0.355. The van der Waals surface area contributed by atoms with Gasteiger partial charge in [0.2, 0.25) is 5.91 Å². The van der Waals surface area contributed by atoms with E-state index in [2.05, 4.69) is 10.6 Å². The standard InChI is InChI=1S/C15H28N4O2.ClH/c1-19(13(9-16)11-7-8-11)10-14(20)18-15(21)17-12-5-3-2-4-6-12;/h11-13H,2-10,16H2,1H3,(H2,17,18,20,21);1H. The molecular formula is C15H29ClN4O2. The minimum absolute atomic E-state index is 0. The van der Waals surface area contributed by atoms with E-state index in [0.29, 0.717) is 12.5 Å². The van der Waals surface area contributed by atoms with E-state index in [9.17, 15) is 9.59 Å². The topological polar surface area (TPSA) is 87.5 Å². The maximum Gasteiger partial charge on any atom is 0.321 e. The van der Waals surface area contributed by atoms with Crippen molar-refractivity contribution >= 4 is 24.3 Å². The molecule has 1 atom stereocenters. The molecule has 2 aliphatic carbocycles. The largest absolute Gasteiger partial charge is 0.335 e. The Balaban J connectivity index is 0.00000242. The zero-order valence-corrected chi connectivity index (χ0v) is 14.2. The number of carbonyl (C=O) groups excluding carboxylic acids is 2. The summed E-state index contributed by atoms with van der Waals surface area (Å²) in [7, 11) is 1.90. The maximum absolute atomic E-state index is 11.9. The van der Waals surface area contributed by atoms with Crippen molar-refractivity contribution in [3.8, 4) is 0 Å². The molecule has 0 spiro atoms. The van der Waals surface area contributed by atoms with Crippen LogP contribution in [0.4, 0.5) is 4.79 Å². The molecule has 2 rings (SSSR count). The number of nitrogens with one attached hydrogen (secondary N) is 2. The molecule has 0 aliphatic heterocycles. The number of hydrogen-bond donors (Lipinski definition) is 3. The van der Waals surface area contributed by atoms with Crippen molar-refractivity contribution in [3.05, 3.63) is 0 Å². The van der Waals surface area contributed by atoms with Gasteiger partial charge in [0.1, 0.15) is 0 Å². The van der Waals surface area contributed by atoms with Crippen molar-refractivity contribution < 1.29 is 9.59 Å². The molecule has 128 valence electrons. The third-order valence-corrected chi connectivity index (χ3v) is 4.56. The molecule has 0 radical (unpaired) electrons. The number of amides is 3. The molecule has 3 amide bonds. The number of likely N-dealkylation sites (N-methyl/N-ethyl adjacent to an activating group) is 1. The first-order chi connectivity index (χ1) is 10.1. The lowest BCUT2D eigenvalue weighted by Crippen LogP contribution is -2.50. The van der Waals surface area contributed by atoms with Crippen molar-refractivity contribution in [2.24, 2.45) is 11.7 Å². The second-order valence-electron chi connectivity index (χ2n) is 6.41. The first-order valence-corrected chi connectivity index (χ1v) is 8.10. The highest BCUT2D eigenvalue weighted by atomic mass is 35.5. The number of nitrogens with two attached hydrogens (primary N) is 1. The van der Waals surface area contributed by atoms with Crippen LogP contribution in [0, 0.1) is 5.92 Å². The Labute approximate surface area is 139 Å². The maximum atomic E-state index is 11.9. The van der Waals surface area contributed by atoms with Gasteiger partial charge in [-0.2, -0.15) is 0 Å². The van der Waals surface area contributed by atoms with E-state index >= 15 is 0 Å². The van der Waals surface area contributed by atoms with Crippen LogP contribution >= 0.6 is 12.4 Å². The normalized spacial score (nSPS) is 20.1. The molecular weight excluding hydrogens is 304 g/mol. The highest BCUT2D eigenvalue weighted by molar-refractivity contribution is 5.95. The van der Waals surface area contributed by atoms with Crippen LogP contribution < -0.4 is 16.4 Å². The Bertz CT molecular complexity index is 371. The predicted molar refractivity (Wildman–Crippen MR) is 89.0 cm³/mol. The van der Waals surface area contributed by atoms with E-state index in [-0.39, 0.29) is 43.0 Å². The van der Waals surface area contributed by atoms with Crippen LogP contribution in [0.3, 0.4) is 0 Å². The Hall–Kier alpha value is -0.850. The van der Waals surface area contributed by atoms with Crippen LogP contribution in [-0.2, 0) is 4.79 Å². The number of imide groups is 1. The van der Waals surface area contributed by atoms with Crippen LogP contribution in [0.25, 0.3) is 0 Å². The molecule has 6 nitrogen and oxygen atoms in total. The van der Waals surface area contributed by atoms with E-state index in [1.807, 2.05) is 11.9 Å². The predicted octanol–water partition coefficient (Wildman–Crippen LogP) is 1.24. The number of rotatable bonds is 6. The lowest BCUT2D eigenvalue weighted by molar-refractivity contribution is -0.121. The van der Waals surface area contributed by atoms with Crippen molar-refractivity contribution in [1.82, 2.24) is 15.5 Å². The van der Waals surface area contributed by atoms with Crippen LogP contribution in [-0.4, -0.2) is 49.1 Å². The summed E-state index contributed by atoms with van der Waals surface area (Å²) in [6.07, 6.45) is 7.95. The summed E-state index contributed by atoms with van der Waals surface area (Å²) in [5.41, 5.74) is 5.76. The molecule has 0 heterocycles. The van der Waals surface area contributed by atoms with Gasteiger partial charge in [-0.25, -0.2) is 4.79 Å². The summed E-state index contributed by atoms with van der Waals surface area (Å²) in [6.45, 7) is 0.777. The lowest BCUT2D eigenvalue weighted by atomic mass is 9.96. The van der Waals surface area contributed by atoms with E-state index < -0.39 is 0 Å². The van der Waals surface area contributed by atoms with Gasteiger partial charge < -0.3 is 11.1 Å². The molecule has 0 aromatic heterocycles. The molecule has 0 aromatic carbocycles. The minimum atomic E-state index is -0.365. The van der Waals surface area contributed by atoms with Gasteiger partial charge in [-0.15, -0.1) is 12.4 Å². The smallest absolute Gasteiger partial charge is 0.321 e. The molecule has 22 heavy (non-hydrogen) atoms. The quantitative estimate of drug-likeness (QED) is 0.683. The minimum Gasteiger partial charge on any atom is -0.335 e. The van der Waals surface area contributed by atoms with Crippen molar-refractivity contribution in [2.75, 3.05) is 20.1 Å². The summed E-state index contributed by atoms with van der Waals surface area (Å²) in [4.78, 5) is 25.7. The average molecular weight is 333 g/mol. The number of hydrogen-bond acceptors (Lipinski definition) is 4. The van der Waals surface area contributed by atoms with Crippen molar-refractivity contribution in [3.63, 3.8) is 0 Å². The summed E-state index contributed by atoms with van der Waals surface area (Å²) < 4.78 is 0. The molecule has 0 aromatic rings. The van der Waals surface area contributed by atoms with Crippen molar-refractivity contribution in [1.29, 1.82) is 0 Å². The summed E-state index contributed by atoms with van der Waals surface area (Å²) in [6, 6.07) is 0.0979.